The molecule has 5 rings (SSSR count). The lowest BCUT2D eigenvalue weighted by Crippen LogP contribution is -2.53. The number of hydrogen-bond donors (Lipinski definition) is 0. The Balaban J connectivity index is 1.28. The van der Waals surface area contributed by atoms with Crippen LogP contribution in [-0.2, 0) is 14.4 Å². The van der Waals surface area contributed by atoms with Gasteiger partial charge in [-0.05, 0) is 25.1 Å². The van der Waals surface area contributed by atoms with Crippen LogP contribution in [0.4, 0.5) is 0 Å². The standard InChI is InChI=1S/C23H22ClN5O4S/c1-14-15-12-18(34-23(15)29(25-14)17-5-3-2-4-16(17)24)22(33)27-10-8-26(9-11-27)21(32)13-28-19(30)6-7-20(28)31/h2-5,12H,6-11,13H2,1H3. The van der Waals surface area contributed by atoms with Gasteiger partial charge in [-0.15, -0.1) is 11.3 Å². The molecular formula is C23H22ClN5O4S. The van der Waals surface area contributed by atoms with Gasteiger partial charge in [0, 0.05) is 44.4 Å². The number of likely N-dealkylation sites (tertiary alicyclic amines) is 1. The third-order valence-electron chi connectivity index (χ3n) is 6.20. The number of fused-ring (bicyclic) bond motifs is 1. The van der Waals surface area contributed by atoms with E-state index in [-0.39, 0.29) is 43.0 Å². The number of piperazine rings is 1. The first-order valence-corrected chi connectivity index (χ1v) is 12.2. The average molecular weight is 500 g/mol. The molecule has 4 amide bonds. The number of nitrogens with zero attached hydrogens (tertiary/aromatic N) is 5. The normalized spacial score (nSPS) is 16.7. The van der Waals surface area contributed by atoms with E-state index >= 15 is 0 Å². The number of aryl methyl sites for hydroxylation is 1. The molecule has 2 aromatic heterocycles. The zero-order chi connectivity index (χ0) is 24.0. The van der Waals surface area contributed by atoms with Crippen molar-refractivity contribution in [2.75, 3.05) is 32.7 Å². The molecule has 0 atom stereocenters. The molecule has 0 bridgehead atoms. The number of benzene rings is 1. The molecule has 0 saturated carbocycles. The number of rotatable bonds is 4. The highest BCUT2D eigenvalue weighted by Gasteiger charge is 2.33. The van der Waals surface area contributed by atoms with Crippen molar-refractivity contribution in [1.29, 1.82) is 0 Å². The van der Waals surface area contributed by atoms with Crippen molar-refractivity contribution in [1.82, 2.24) is 24.5 Å². The molecule has 0 aliphatic carbocycles. The molecule has 1 aromatic carbocycles. The van der Waals surface area contributed by atoms with Gasteiger partial charge in [-0.25, -0.2) is 4.68 Å². The third kappa shape index (κ3) is 3.97. The Morgan fingerprint density at radius 3 is 2.35 bits per heavy atom. The van der Waals surface area contributed by atoms with Gasteiger partial charge in [0.05, 0.1) is 21.3 Å². The maximum Gasteiger partial charge on any atom is 0.264 e. The summed E-state index contributed by atoms with van der Waals surface area (Å²) >= 11 is 7.73. The van der Waals surface area contributed by atoms with Crippen molar-refractivity contribution in [2.24, 2.45) is 0 Å². The van der Waals surface area contributed by atoms with Gasteiger partial charge in [-0.2, -0.15) is 5.10 Å². The number of carbonyl (C=O) groups is 4. The smallest absolute Gasteiger partial charge is 0.264 e. The van der Waals surface area contributed by atoms with Crippen molar-refractivity contribution < 1.29 is 19.2 Å². The molecule has 2 saturated heterocycles. The lowest BCUT2D eigenvalue weighted by Gasteiger charge is -2.35. The number of para-hydroxylation sites is 1. The molecule has 0 unspecified atom stereocenters. The Labute approximate surface area is 204 Å². The predicted octanol–water partition coefficient (Wildman–Crippen LogP) is 2.48. The summed E-state index contributed by atoms with van der Waals surface area (Å²) in [5, 5.41) is 6.08. The number of carbonyl (C=O) groups excluding carboxylic acids is 4. The van der Waals surface area contributed by atoms with Gasteiger partial charge < -0.3 is 9.80 Å². The van der Waals surface area contributed by atoms with Gasteiger partial charge in [0.1, 0.15) is 11.4 Å². The minimum absolute atomic E-state index is 0.0942. The predicted molar refractivity (Wildman–Crippen MR) is 127 cm³/mol. The highest BCUT2D eigenvalue weighted by molar-refractivity contribution is 7.20. The molecule has 2 aliphatic rings. The third-order valence-corrected chi connectivity index (χ3v) is 7.62. The number of aromatic nitrogens is 2. The van der Waals surface area contributed by atoms with Crippen LogP contribution in [0.5, 0.6) is 0 Å². The number of thiophene rings is 1. The van der Waals surface area contributed by atoms with E-state index in [9.17, 15) is 19.2 Å². The Hall–Kier alpha value is -3.24. The maximum atomic E-state index is 13.2. The Morgan fingerprint density at radius 2 is 1.68 bits per heavy atom. The van der Waals surface area contributed by atoms with E-state index in [1.807, 2.05) is 31.2 Å². The van der Waals surface area contributed by atoms with Gasteiger partial charge in [0.15, 0.2) is 0 Å². The minimum Gasteiger partial charge on any atom is -0.338 e. The van der Waals surface area contributed by atoms with E-state index in [0.29, 0.717) is 36.1 Å². The molecule has 9 nitrogen and oxygen atoms in total. The summed E-state index contributed by atoms with van der Waals surface area (Å²) in [6.45, 7) is 3.17. The van der Waals surface area contributed by atoms with Crippen LogP contribution in [0.2, 0.25) is 5.02 Å². The van der Waals surface area contributed by atoms with Crippen LogP contribution in [0.1, 0.15) is 28.2 Å². The zero-order valence-electron chi connectivity index (χ0n) is 18.5. The molecule has 0 spiro atoms. The monoisotopic (exact) mass is 499 g/mol. The molecule has 2 fully saturated rings. The molecule has 11 heteroatoms. The summed E-state index contributed by atoms with van der Waals surface area (Å²) in [5.41, 5.74) is 1.57. The lowest BCUT2D eigenvalue weighted by molar-refractivity contribution is -0.146. The van der Waals surface area contributed by atoms with Crippen LogP contribution >= 0.6 is 22.9 Å². The quantitative estimate of drug-likeness (QED) is 0.514. The second kappa shape index (κ2) is 8.84. The number of halogens is 1. The van der Waals surface area contributed by atoms with Crippen LogP contribution in [-0.4, -0.2) is 80.8 Å². The second-order valence-electron chi connectivity index (χ2n) is 8.32. The summed E-state index contributed by atoms with van der Waals surface area (Å²) in [5.74, 6) is -0.971. The fraction of sp³-hybridized carbons (Fsp3) is 0.348. The fourth-order valence-electron chi connectivity index (χ4n) is 4.29. The summed E-state index contributed by atoms with van der Waals surface area (Å²) in [4.78, 5) is 55.2. The Bertz CT molecular complexity index is 1310. The van der Waals surface area contributed by atoms with E-state index in [2.05, 4.69) is 5.10 Å². The second-order valence-corrected chi connectivity index (χ2v) is 9.76. The largest absolute Gasteiger partial charge is 0.338 e. The number of amides is 4. The maximum absolute atomic E-state index is 13.2. The van der Waals surface area contributed by atoms with Gasteiger partial charge in [-0.3, -0.25) is 24.1 Å². The fourth-order valence-corrected chi connectivity index (χ4v) is 5.65. The van der Waals surface area contributed by atoms with Crippen molar-refractivity contribution in [3.8, 4) is 5.69 Å². The van der Waals surface area contributed by atoms with E-state index in [1.54, 1.807) is 20.5 Å². The average Bonchev–Trinajstić information content (AvgIpc) is 3.50. The van der Waals surface area contributed by atoms with Crippen LogP contribution in [0.25, 0.3) is 15.9 Å². The SMILES string of the molecule is Cc1nn(-c2ccccc2Cl)c2sc(C(=O)N3CCN(C(=O)CN4C(=O)CCC4=O)CC3)cc12. The summed E-state index contributed by atoms with van der Waals surface area (Å²) in [7, 11) is 0. The summed E-state index contributed by atoms with van der Waals surface area (Å²) < 4.78 is 1.77. The number of hydrogen-bond acceptors (Lipinski definition) is 6. The van der Waals surface area contributed by atoms with E-state index in [4.69, 9.17) is 11.6 Å². The van der Waals surface area contributed by atoms with Crippen molar-refractivity contribution in [2.45, 2.75) is 19.8 Å². The van der Waals surface area contributed by atoms with Gasteiger partial charge in [0.2, 0.25) is 17.7 Å². The van der Waals surface area contributed by atoms with Gasteiger partial charge in [-0.1, -0.05) is 23.7 Å². The molecule has 3 aromatic rings. The molecular weight excluding hydrogens is 478 g/mol. The zero-order valence-corrected chi connectivity index (χ0v) is 20.1. The molecule has 176 valence electrons. The van der Waals surface area contributed by atoms with Crippen LogP contribution in [0.3, 0.4) is 0 Å². The minimum atomic E-state index is -0.303. The van der Waals surface area contributed by atoms with Crippen molar-refractivity contribution in [3.05, 3.63) is 45.9 Å². The number of imide groups is 1. The summed E-state index contributed by atoms with van der Waals surface area (Å²) in [6.07, 6.45) is 0.328. The molecule has 34 heavy (non-hydrogen) atoms. The van der Waals surface area contributed by atoms with Crippen LogP contribution < -0.4 is 0 Å². The van der Waals surface area contributed by atoms with Crippen LogP contribution in [0, 0.1) is 6.92 Å². The Morgan fingerprint density at radius 1 is 1.03 bits per heavy atom. The first-order chi connectivity index (χ1) is 16.3. The topological polar surface area (TPSA) is 95.8 Å². The molecule has 0 N–H and O–H groups in total. The van der Waals surface area contributed by atoms with E-state index in [0.717, 1.165) is 26.5 Å². The van der Waals surface area contributed by atoms with Crippen LogP contribution in [0.15, 0.2) is 30.3 Å². The molecule has 2 aliphatic heterocycles. The van der Waals surface area contributed by atoms with Gasteiger partial charge in [0.25, 0.3) is 5.91 Å². The summed E-state index contributed by atoms with van der Waals surface area (Å²) in [6, 6.07) is 9.29. The van der Waals surface area contributed by atoms with E-state index in [1.165, 1.54) is 11.3 Å². The first-order valence-electron chi connectivity index (χ1n) is 11.0. The van der Waals surface area contributed by atoms with E-state index < -0.39 is 0 Å². The lowest BCUT2D eigenvalue weighted by atomic mass is 10.2. The molecule has 0 radical (unpaired) electrons. The first kappa shape index (κ1) is 22.5. The van der Waals surface area contributed by atoms with Crippen molar-refractivity contribution >= 4 is 56.8 Å². The Kier molecular flexibility index (Phi) is 5.86. The van der Waals surface area contributed by atoms with Crippen molar-refractivity contribution in [3.63, 3.8) is 0 Å². The molecule has 4 heterocycles. The van der Waals surface area contributed by atoms with Gasteiger partial charge >= 0.3 is 0 Å². The highest BCUT2D eigenvalue weighted by atomic mass is 35.5. The highest BCUT2D eigenvalue weighted by Crippen LogP contribution is 2.33.